The van der Waals surface area contributed by atoms with E-state index in [9.17, 15) is 4.39 Å². The third-order valence-electron chi connectivity index (χ3n) is 3.06. The van der Waals surface area contributed by atoms with Gasteiger partial charge in [0.15, 0.2) is 0 Å². The van der Waals surface area contributed by atoms with Crippen LogP contribution in [-0.2, 0) is 6.42 Å². The molecular weight excluding hydrogens is 189 g/mol. The van der Waals surface area contributed by atoms with Crippen LogP contribution < -0.4 is 5.32 Å². The molecule has 1 atom stereocenters. The van der Waals surface area contributed by atoms with Gasteiger partial charge in [-0.3, -0.25) is 0 Å². The predicted molar refractivity (Wildman–Crippen MR) is 60.8 cm³/mol. The molecule has 1 nitrogen and oxygen atoms in total. The lowest BCUT2D eigenvalue weighted by Crippen LogP contribution is -2.43. The number of alkyl halides is 1. The molecular formula is C13H18FN. The number of piperidine rings is 1. The van der Waals surface area contributed by atoms with Crippen LogP contribution in [0.4, 0.5) is 4.39 Å². The van der Waals surface area contributed by atoms with Crippen LogP contribution in [0.1, 0.15) is 24.0 Å². The first-order valence-electron chi connectivity index (χ1n) is 5.63. The van der Waals surface area contributed by atoms with Crippen LogP contribution in [0.3, 0.4) is 0 Å². The molecule has 0 amide bonds. The van der Waals surface area contributed by atoms with Crippen LogP contribution >= 0.6 is 0 Å². The Kier molecular flexibility index (Phi) is 3.06. The van der Waals surface area contributed by atoms with E-state index in [1.807, 2.05) is 12.1 Å². The smallest absolute Gasteiger partial charge is 0.127 e. The maximum atomic E-state index is 14.3. The van der Waals surface area contributed by atoms with Crippen molar-refractivity contribution in [3.05, 3.63) is 35.4 Å². The number of nitrogens with one attached hydrogen (secondary N) is 1. The van der Waals surface area contributed by atoms with Gasteiger partial charge >= 0.3 is 0 Å². The summed E-state index contributed by atoms with van der Waals surface area (Å²) in [4.78, 5) is 0. The fraction of sp³-hybridized carbons (Fsp3) is 0.538. The van der Waals surface area contributed by atoms with E-state index in [0.717, 1.165) is 18.5 Å². The number of halogens is 1. The standard InChI is InChI=1S/C13H18FN/c1-11-3-5-12(6-4-11)9-13(14)7-2-8-15-10-13/h3-6,15H,2,7-10H2,1H3. The first-order chi connectivity index (χ1) is 7.18. The van der Waals surface area contributed by atoms with Gasteiger partial charge in [-0.15, -0.1) is 0 Å². The summed E-state index contributed by atoms with van der Waals surface area (Å²) in [6, 6.07) is 8.17. The summed E-state index contributed by atoms with van der Waals surface area (Å²) in [6.07, 6.45) is 2.18. The molecule has 0 aliphatic carbocycles. The van der Waals surface area contributed by atoms with Crippen molar-refractivity contribution in [1.82, 2.24) is 5.32 Å². The number of hydrogen-bond acceptors (Lipinski definition) is 1. The fourth-order valence-electron chi connectivity index (χ4n) is 2.15. The van der Waals surface area contributed by atoms with Gasteiger partial charge in [-0.1, -0.05) is 29.8 Å². The van der Waals surface area contributed by atoms with Gasteiger partial charge in [-0.25, -0.2) is 4.39 Å². The Balaban J connectivity index is 2.03. The Hall–Kier alpha value is -0.890. The van der Waals surface area contributed by atoms with E-state index in [-0.39, 0.29) is 0 Å². The molecule has 1 aliphatic heterocycles. The minimum Gasteiger partial charge on any atom is -0.314 e. The third-order valence-corrected chi connectivity index (χ3v) is 3.06. The Morgan fingerprint density at radius 3 is 2.67 bits per heavy atom. The second-order valence-corrected chi connectivity index (χ2v) is 4.59. The first kappa shape index (κ1) is 10.6. The largest absolute Gasteiger partial charge is 0.314 e. The molecule has 15 heavy (non-hydrogen) atoms. The zero-order chi connectivity index (χ0) is 10.7. The normalized spacial score (nSPS) is 26.5. The summed E-state index contributed by atoms with van der Waals surface area (Å²) in [7, 11) is 0. The van der Waals surface area contributed by atoms with Crippen LogP contribution in [0.2, 0.25) is 0 Å². The average molecular weight is 207 g/mol. The van der Waals surface area contributed by atoms with E-state index in [4.69, 9.17) is 0 Å². The second kappa shape index (κ2) is 4.31. The van der Waals surface area contributed by atoms with E-state index in [0.29, 0.717) is 19.4 Å². The van der Waals surface area contributed by atoms with Crippen molar-refractivity contribution >= 4 is 0 Å². The zero-order valence-corrected chi connectivity index (χ0v) is 9.22. The van der Waals surface area contributed by atoms with Crippen molar-refractivity contribution in [2.75, 3.05) is 13.1 Å². The highest BCUT2D eigenvalue weighted by Gasteiger charge is 2.31. The molecule has 2 heteroatoms. The van der Waals surface area contributed by atoms with E-state index >= 15 is 0 Å². The molecule has 0 spiro atoms. The van der Waals surface area contributed by atoms with Gasteiger partial charge in [-0.2, -0.15) is 0 Å². The molecule has 1 aromatic rings. The molecule has 1 aliphatic rings. The first-order valence-corrected chi connectivity index (χ1v) is 5.63. The number of aryl methyl sites for hydroxylation is 1. The zero-order valence-electron chi connectivity index (χ0n) is 9.22. The molecule has 0 bridgehead atoms. The van der Waals surface area contributed by atoms with E-state index in [2.05, 4.69) is 24.4 Å². The molecule has 1 saturated heterocycles. The second-order valence-electron chi connectivity index (χ2n) is 4.59. The van der Waals surface area contributed by atoms with Gasteiger partial charge in [0, 0.05) is 13.0 Å². The van der Waals surface area contributed by atoms with E-state index in [1.54, 1.807) is 0 Å². The van der Waals surface area contributed by atoms with Crippen LogP contribution in [0.5, 0.6) is 0 Å². The summed E-state index contributed by atoms with van der Waals surface area (Å²) < 4.78 is 14.3. The van der Waals surface area contributed by atoms with Crippen molar-refractivity contribution in [2.24, 2.45) is 0 Å². The molecule has 0 aromatic heterocycles. The maximum Gasteiger partial charge on any atom is 0.127 e. The van der Waals surface area contributed by atoms with Gasteiger partial charge in [0.1, 0.15) is 5.67 Å². The number of rotatable bonds is 2. The quantitative estimate of drug-likeness (QED) is 0.786. The van der Waals surface area contributed by atoms with Gasteiger partial charge in [0.2, 0.25) is 0 Å². The lowest BCUT2D eigenvalue weighted by atomic mass is 9.89. The third kappa shape index (κ3) is 2.78. The topological polar surface area (TPSA) is 12.0 Å². The van der Waals surface area contributed by atoms with Crippen LogP contribution in [0, 0.1) is 6.92 Å². The highest BCUT2D eigenvalue weighted by Crippen LogP contribution is 2.25. The van der Waals surface area contributed by atoms with Gasteiger partial charge in [0.25, 0.3) is 0 Å². The molecule has 1 unspecified atom stereocenters. The Labute approximate surface area is 90.7 Å². The average Bonchev–Trinajstić information content (AvgIpc) is 2.22. The molecule has 1 aromatic carbocycles. The van der Waals surface area contributed by atoms with E-state index in [1.165, 1.54) is 5.56 Å². The van der Waals surface area contributed by atoms with Crippen LogP contribution in [-0.4, -0.2) is 18.8 Å². The highest BCUT2D eigenvalue weighted by molar-refractivity contribution is 5.23. The van der Waals surface area contributed by atoms with Crippen molar-refractivity contribution < 1.29 is 4.39 Å². The summed E-state index contributed by atoms with van der Waals surface area (Å²) in [5, 5.41) is 3.13. The summed E-state index contributed by atoms with van der Waals surface area (Å²) in [5.41, 5.74) is 1.30. The summed E-state index contributed by atoms with van der Waals surface area (Å²) in [5.74, 6) is 0. The minimum absolute atomic E-state index is 0.501. The highest BCUT2D eigenvalue weighted by atomic mass is 19.1. The minimum atomic E-state index is -1.03. The monoisotopic (exact) mass is 207 g/mol. The Bertz CT molecular complexity index is 312. The molecule has 2 rings (SSSR count). The number of hydrogen-bond donors (Lipinski definition) is 1. The molecule has 1 heterocycles. The summed E-state index contributed by atoms with van der Waals surface area (Å²) in [6.45, 7) is 3.51. The molecule has 1 N–H and O–H groups in total. The van der Waals surface area contributed by atoms with Gasteiger partial charge in [-0.05, 0) is 31.9 Å². The van der Waals surface area contributed by atoms with Gasteiger partial charge < -0.3 is 5.32 Å². The van der Waals surface area contributed by atoms with Crippen molar-refractivity contribution in [3.8, 4) is 0 Å². The molecule has 0 radical (unpaired) electrons. The Morgan fingerprint density at radius 1 is 1.33 bits per heavy atom. The molecule has 0 saturated carbocycles. The van der Waals surface area contributed by atoms with Crippen LogP contribution in [0.15, 0.2) is 24.3 Å². The SMILES string of the molecule is Cc1ccc(CC2(F)CCCNC2)cc1. The fourth-order valence-corrected chi connectivity index (χ4v) is 2.15. The van der Waals surface area contributed by atoms with Crippen molar-refractivity contribution in [3.63, 3.8) is 0 Å². The predicted octanol–water partition coefficient (Wildman–Crippen LogP) is 2.63. The van der Waals surface area contributed by atoms with E-state index < -0.39 is 5.67 Å². The molecule has 82 valence electrons. The number of benzene rings is 1. The van der Waals surface area contributed by atoms with Gasteiger partial charge in [0.05, 0.1) is 0 Å². The van der Waals surface area contributed by atoms with Crippen LogP contribution in [0.25, 0.3) is 0 Å². The lowest BCUT2D eigenvalue weighted by molar-refractivity contribution is 0.122. The molecule has 1 fully saturated rings. The Morgan fingerprint density at radius 2 is 2.07 bits per heavy atom. The lowest BCUT2D eigenvalue weighted by Gasteiger charge is -2.30. The maximum absolute atomic E-state index is 14.3. The van der Waals surface area contributed by atoms with Crippen molar-refractivity contribution in [1.29, 1.82) is 0 Å². The van der Waals surface area contributed by atoms with Crippen molar-refractivity contribution in [2.45, 2.75) is 31.9 Å². The summed E-state index contributed by atoms with van der Waals surface area (Å²) >= 11 is 0.